The molecule has 3 aromatic rings. The summed E-state index contributed by atoms with van der Waals surface area (Å²) >= 11 is 0.702. The smallest absolute Gasteiger partial charge is 0.268 e. The second-order valence-electron chi connectivity index (χ2n) is 6.71. The number of sulfone groups is 1. The second kappa shape index (κ2) is 11.3. The highest BCUT2D eigenvalue weighted by Crippen LogP contribution is 2.21. The van der Waals surface area contributed by atoms with Crippen molar-refractivity contribution in [3.63, 3.8) is 0 Å². The molecule has 3 rings (SSSR count). The lowest BCUT2D eigenvalue weighted by Crippen LogP contribution is -2.13. The largest absolute Gasteiger partial charge is 0.497 e. The number of aromatic nitrogens is 2. The van der Waals surface area contributed by atoms with E-state index in [0.29, 0.717) is 47.4 Å². The molecule has 0 bridgehead atoms. The number of anilines is 1. The molecule has 2 aromatic carbocycles. The minimum Gasteiger partial charge on any atom is -0.497 e. The first kappa shape index (κ1) is 24.7. The van der Waals surface area contributed by atoms with Crippen LogP contribution in [-0.4, -0.2) is 51.1 Å². The van der Waals surface area contributed by atoms with Crippen LogP contribution in [0.4, 0.5) is 5.13 Å². The molecule has 0 radical (unpaired) electrons. The number of nitrogens with zero attached hydrogens (tertiary/aromatic N) is 3. The Balaban J connectivity index is 1.54. The minimum atomic E-state index is -3.53. The van der Waals surface area contributed by atoms with Gasteiger partial charge in [0.25, 0.3) is 5.91 Å². The van der Waals surface area contributed by atoms with Crippen LogP contribution < -0.4 is 19.5 Å². The Hall–Kier alpha value is -3.95. The summed E-state index contributed by atoms with van der Waals surface area (Å²) in [6.07, 6.45) is 2.38. The third-order valence-corrected chi connectivity index (χ3v) is 6.67. The summed E-state index contributed by atoms with van der Waals surface area (Å²) in [6.45, 7) is 0.649. The van der Waals surface area contributed by atoms with Gasteiger partial charge in [0, 0.05) is 12.3 Å². The third-order valence-electron chi connectivity index (χ3n) is 4.16. The molecule has 1 aromatic heterocycles. The van der Waals surface area contributed by atoms with Crippen LogP contribution in [0.15, 0.2) is 58.4 Å². The molecule has 0 aliphatic rings. The highest BCUT2D eigenvalue weighted by Gasteiger charge is 2.17. The lowest BCUT2D eigenvalue weighted by Gasteiger charge is -2.09. The van der Waals surface area contributed by atoms with E-state index < -0.39 is 15.7 Å². The lowest BCUT2D eigenvalue weighted by atomic mass is 10.1. The minimum absolute atomic E-state index is 0.0218. The average molecular weight is 501 g/mol. The van der Waals surface area contributed by atoms with Crippen molar-refractivity contribution in [3.05, 3.63) is 59.7 Å². The number of hydrogen-bond donors (Lipinski definition) is 1. The molecule has 34 heavy (non-hydrogen) atoms. The molecule has 0 atom stereocenters. The van der Waals surface area contributed by atoms with Crippen LogP contribution in [0.5, 0.6) is 17.2 Å². The first-order valence-electron chi connectivity index (χ1n) is 9.75. The zero-order chi connectivity index (χ0) is 24.6. The van der Waals surface area contributed by atoms with Crippen LogP contribution in [0, 0.1) is 11.3 Å². The van der Waals surface area contributed by atoms with Crippen molar-refractivity contribution >= 4 is 38.3 Å². The van der Waals surface area contributed by atoms with Crippen LogP contribution in [-0.2, 0) is 14.6 Å². The molecule has 1 amide bonds. The van der Waals surface area contributed by atoms with E-state index in [-0.39, 0.29) is 15.0 Å². The van der Waals surface area contributed by atoms with Gasteiger partial charge in [-0.1, -0.05) is 29.5 Å². The van der Waals surface area contributed by atoms with Gasteiger partial charge < -0.3 is 14.2 Å². The fourth-order valence-electron chi connectivity index (χ4n) is 2.56. The van der Waals surface area contributed by atoms with Gasteiger partial charge in [0.1, 0.15) is 42.1 Å². The van der Waals surface area contributed by atoms with Crippen molar-refractivity contribution < 1.29 is 27.4 Å². The Bertz CT molecular complexity index is 1330. The zero-order valence-electron chi connectivity index (χ0n) is 18.2. The van der Waals surface area contributed by atoms with Gasteiger partial charge in [-0.05, 0) is 35.9 Å². The van der Waals surface area contributed by atoms with Gasteiger partial charge in [-0.15, -0.1) is 10.2 Å². The van der Waals surface area contributed by atoms with Crippen molar-refractivity contribution in [2.24, 2.45) is 0 Å². The van der Waals surface area contributed by atoms with Crippen molar-refractivity contribution in [1.82, 2.24) is 10.2 Å². The molecule has 0 saturated carbocycles. The molecule has 0 saturated heterocycles. The standard InChI is InChI=1S/C22H20N4O6S2/c1-30-18-4-3-5-19(13-18)32-11-10-31-17-8-6-15(7-9-17)12-16(14-23)20(27)24-21-25-26-22(33-21)34(2,28)29/h3-9,12-13H,10-11H2,1-2H3,(H,24,25,27). The number of methoxy groups -OCH3 is 1. The quantitative estimate of drug-likeness (QED) is 0.192. The van der Waals surface area contributed by atoms with E-state index in [1.165, 1.54) is 6.08 Å². The Kier molecular flexibility index (Phi) is 8.18. The summed E-state index contributed by atoms with van der Waals surface area (Å²) in [5, 5.41) is 18.8. The number of amides is 1. The zero-order valence-corrected chi connectivity index (χ0v) is 19.9. The van der Waals surface area contributed by atoms with E-state index in [1.54, 1.807) is 37.4 Å². The molecular formula is C22H20N4O6S2. The summed E-state index contributed by atoms with van der Waals surface area (Å²) in [7, 11) is -1.95. The molecule has 176 valence electrons. The number of rotatable bonds is 10. The predicted molar refractivity (Wildman–Crippen MR) is 126 cm³/mol. The summed E-state index contributed by atoms with van der Waals surface area (Å²) < 4.78 is 39.1. The van der Waals surface area contributed by atoms with E-state index in [0.717, 1.165) is 6.26 Å². The fraction of sp³-hybridized carbons (Fsp3) is 0.182. The normalized spacial score (nSPS) is 11.4. The summed E-state index contributed by atoms with van der Waals surface area (Å²) in [5.41, 5.74) is 0.414. The summed E-state index contributed by atoms with van der Waals surface area (Å²) in [6, 6.07) is 15.9. The summed E-state index contributed by atoms with van der Waals surface area (Å²) in [5.74, 6) is 1.24. The number of benzene rings is 2. The first-order chi connectivity index (χ1) is 16.3. The van der Waals surface area contributed by atoms with E-state index in [1.807, 2.05) is 24.3 Å². The average Bonchev–Trinajstić information content (AvgIpc) is 3.30. The lowest BCUT2D eigenvalue weighted by molar-refractivity contribution is -0.112. The molecule has 1 N–H and O–H groups in total. The van der Waals surface area contributed by atoms with Crippen LogP contribution >= 0.6 is 11.3 Å². The molecule has 0 fully saturated rings. The van der Waals surface area contributed by atoms with Crippen molar-refractivity contribution in [1.29, 1.82) is 5.26 Å². The van der Waals surface area contributed by atoms with E-state index >= 15 is 0 Å². The Labute approximate surface area is 200 Å². The molecule has 10 nitrogen and oxygen atoms in total. The summed E-state index contributed by atoms with van der Waals surface area (Å²) in [4.78, 5) is 12.3. The van der Waals surface area contributed by atoms with Crippen molar-refractivity contribution in [3.8, 4) is 23.3 Å². The monoisotopic (exact) mass is 500 g/mol. The van der Waals surface area contributed by atoms with E-state index in [2.05, 4.69) is 15.5 Å². The number of nitrogens with one attached hydrogen (secondary N) is 1. The highest BCUT2D eigenvalue weighted by atomic mass is 32.2. The molecular weight excluding hydrogens is 480 g/mol. The number of carbonyl (C=O) groups excluding carboxylic acids is 1. The fourth-order valence-corrected chi connectivity index (χ4v) is 4.06. The Morgan fingerprint density at radius 1 is 1.09 bits per heavy atom. The van der Waals surface area contributed by atoms with Gasteiger partial charge in [-0.2, -0.15) is 5.26 Å². The molecule has 12 heteroatoms. The number of nitriles is 1. The van der Waals surface area contributed by atoms with Crippen LogP contribution in [0.3, 0.4) is 0 Å². The number of carbonyl (C=O) groups is 1. The van der Waals surface area contributed by atoms with Crippen molar-refractivity contribution in [2.75, 3.05) is 31.9 Å². The third kappa shape index (κ3) is 7.03. The number of ether oxygens (including phenoxy) is 3. The molecule has 0 aliphatic heterocycles. The maximum atomic E-state index is 12.3. The second-order valence-corrected chi connectivity index (χ2v) is 9.88. The van der Waals surface area contributed by atoms with Crippen molar-refractivity contribution in [2.45, 2.75) is 4.34 Å². The number of hydrogen-bond acceptors (Lipinski definition) is 10. The van der Waals surface area contributed by atoms with E-state index in [4.69, 9.17) is 14.2 Å². The van der Waals surface area contributed by atoms with E-state index in [9.17, 15) is 18.5 Å². The van der Waals surface area contributed by atoms with Gasteiger partial charge in [0.15, 0.2) is 0 Å². The van der Waals surface area contributed by atoms with Crippen LogP contribution in [0.25, 0.3) is 6.08 Å². The van der Waals surface area contributed by atoms with Gasteiger partial charge in [0.2, 0.25) is 19.3 Å². The SMILES string of the molecule is COc1cccc(OCCOc2ccc(C=C(C#N)C(=O)Nc3nnc(S(C)(=O)=O)s3)cc2)c1. The van der Waals surface area contributed by atoms with Crippen LogP contribution in [0.2, 0.25) is 0 Å². The first-order valence-corrected chi connectivity index (χ1v) is 12.5. The molecule has 0 unspecified atom stereocenters. The molecule has 0 spiro atoms. The molecule has 0 aliphatic carbocycles. The topological polar surface area (TPSA) is 140 Å². The van der Waals surface area contributed by atoms with Gasteiger partial charge in [-0.3, -0.25) is 10.1 Å². The van der Waals surface area contributed by atoms with Crippen LogP contribution in [0.1, 0.15) is 5.56 Å². The van der Waals surface area contributed by atoms with Gasteiger partial charge in [-0.25, -0.2) is 8.42 Å². The Morgan fingerprint density at radius 3 is 2.38 bits per heavy atom. The maximum Gasteiger partial charge on any atom is 0.268 e. The maximum absolute atomic E-state index is 12.3. The molecule has 1 heterocycles. The van der Waals surface area contributed by atoms with Gasteiger partial charge >= 0.3 is 0 Å². The Morgan fingerprint density at radius 2 is 1.76 bits per heavy atom. The predicted octanol–water partition coefficient (Wildman–Crippen LogP) is 2.95. The van der Waals surface area contributed by atoms with Gasteiger partial charge in [0.05, 0.1) is 7.11 Å². The highest BCUT2D eigenvalue weighted by molar-refractivity contribution is 7.92.